The highest BCUT2D eigenvalue weighted by molar-refractivity contribution is 5.92. The number of aromatic nitrogens is 1. The van der Waals surface area contributed by atoms with Gasteiger partial charge >= 0.3 is 0 Å². The Hall–Kier alpha value is -2.74. The smallest absolute Gasteiger partial charge is 0.269 e. The summed E-state index contributed by atoms with van der Waals surface area (Å²) in [6.45, 7) is 2.27. The van der Waals surface area contributed by atoms with E-state index in [0.29, 0.717) is 18.5 Å². The van der Waals surface area contributed by atoms with E-state index in [4.69, 9.17) is 5.26 Å². The van der Waals surface area contributed by atoms with E-state index in [1.807, 2.05) is 13.0 Å². The molecule has 0 spiro atoms. The van der Waals surface area contributed by atoms with Crippen molar-refractivity contribution in [2.24, 2.45) is 0 Å². The Balaban J connectivity index is 1.90. The van der Waals surface area contributed by atoms with Crippen LogP contribution in [0.4, 0.5) is 4.39 Å². The molecule has 0 saturated carbocycles. The van der Waals surface area contributed by atoms with Gasteiger partial charge in [-0.25, -0.2) is 9.37 Å². The van der Waals surface area contributed by atoms with Crippen molar-refractivity contribution >= 4 is 5.91 Å². The summed E-state index contributed by atoms with van der Waals surface area (Å²) in [5, 5.41) is 11.4. The molecule has 2 rings (SSSR count). The van der Waals surface area contributed by atoms with Crippen molar-refractivity contribution in [1.82, 2.24) is 10.3 Å². The summed E-state index contributed by atoms with van der Waals surface area (Å²) in [5.74, 6) is -0.554. The molecule has 0 aliphatic heterocycles. The fourth-order valence-corrected chi connectivity index (χ4v) is 1.94. The molecule has 0 fully saturated rings. The van der Waals surface area contributed by atoms with Crippen LogP contribution in [-0.2, 0) is 6.42 Å². The predicted octanol–water partition coefficient (Wildman–Crippen LogP) is 2.37. The quantitative estimate of drug-likeness (QED) is 0.936. The third kappa shape index (κ3) is 3.86. The SMILES string of the molecule is Cc1cc(F)ccc1CCNC(=O)c1ccc(C#N)cn1. The largest absolute Gasteiger partial charge is 0.350 e. The summed E-state index contributed by atoms with van der Waals surface area (Å²) >= 11 is 0. The Morgan fingerprint density at radius 3 is 2.81 bits per heavy atom. The maximum atomic E-state index is 13.0. The number of carbonyl (C=O) groups excluding carboxylic acids is 1. The lowest BCUT2D eigenvalue weighted by molar-refractivity contribution is 0.0949. The number of aryl methyl sites for hydroxylation is 1. The molecular weight excluding hydrogens is 269 g/mol. The number of rotatable bonds is 4. The fraction of sp³-hybridized carbons (Fsp3) is 0.188. The van der Waals surface area contributed by atoms with Gasteiger partial charge in [0.1, 0.15) is 17.6 Å². The van der Waals surface area contributed by atoms with Crippen molar-refractivity contribution in [1.29, 1.82) is 5.26 Å². The number of nitriles is 1. The molecule has 0 saturated heterocycles. The molecule has 0 unspecified atom stereocenters. The molecule has 0 aliphatic rings. The topological polar surface area (TPSA) is 65.8 Å². The lowest BCUT2D eigenvalue weighted by Crippen LogP contribution is -2.26. The number of hydrogen-bond acceptors (Lipinski definition) is 3. The number of nitrogens with zero attached hydrogens (tertiary/aromatic N) is 2. The lowest BCUT2D eigenvalue weighted by atomic mass is 10.1. The molecule has 0 aliphatic carbocycles. The van der Waals surface area contributed by atoms with Crippen LogP contribution in [0.15, 0.2) is 36.5 Å². The van der Waals surface area contributed by atoms with Crippen LogP contribution in [0.3, 0.4) is 0 Å². The van der Waals surface area contributed by atoms with Gasteiger partial charge in [-0.3, -0.25) is 4.79 Å². The van der Waals surface area contributed by atoms with Crippen LogP contribution in [0.25, 0.3) is 0 Å². The number of benzene rings is 1. The monoisotopic (exact) mass is 283 g/mol. The van der Waals surface area contributed by atoms with Crippen LogP contribution in [-0.4, -0.2) is 17.4 Å². The second-order valence-electron chi connectivity index (χ2n) is 4.62. The van der Waals surface area contributed by atoms with Gasteiger partial charge in [0, 0.05) is 12.7 Å². The number of pyridine rings is 1. The van der Waals surface area contributed by atoms with Crippen LogP contribution in [0, 0.1) is 24.1 Å². The minimum Gasteiger partial charge on any atom is -0.350 e. The van der Waals surface area contributed by atoms with E-state index in [1.165, 1.54) is 24.4 Å². The summed E-state index contributed by atoms with van der Waals surface area (Å²) < 4.78 is 13.0. The molecule has 1 heterocycles. The molecule has 1 aromatic carbocycles. The average Bonchev–Trinajstić information content (AvgIpc) is 2.49. The molecule has 1 N–H and O–H groups in total. The van der Waals surface area contributed by atoms with Crippen LogP contribution in [0.2, 0.25) is 0 Å². The molecule has 2 aromatic rings. The van der Waals surface area contributed by atoms with Gasteiger partial charge in [-0.1, -0.05) is 6.07 Å². The van der Waals surface area contributed by atoms with Gasteiger partial charge in [0.2, 0.25) is 0 Å². The fourth-order valence-electron chi connectivity index (χ4n) is 1.94. The van der Waals surface area contributed by atoms with Crippen LogP contribution in [0.1, 0.15) is 27.2 Å². The standard InChI is InChI=1S/C16H14FN3O/c1-11-8-14(17)4-3-13(11)6-7-19-16(21)15-5-2-12(9-18)10-20-15/h2-5,8,10H,6-7H2,1H3,(H,19,21). The third-order valence-electron chi connectivity index (χ3n) is 3.11. The van der Waals surface area contributed by atoms with E-state index in [9.17, 15) is 9.18 Å². The molecule has 0 radical (unpaired) electrons. The van der Waals surface area contributed by atoms with Crippen molar-refractivity contribution in [3.05, 3.63) is 64.7 Å². The number of carbonyl (C=O) groups is 1. The van der Waals surface area contributed by atoms with Gasteiger partial charge in [0.25, 0.3) is 5.91 Å². The second kappa shape index (κ2) is 6.62. The summed E-state index contributed by atoms with van der Waals surface area (Å²) in [6, 6.07) is 9.60. The minimum atomic E-state index is -0.292. The molecule has 1 aromatic heterocycles. The van der Waals surface area contributed by atoms with Gasteiger partial charge in [0.05, 0.1) is 5.56 Å². The highest BCUT2D eigenvalue weighted by Crippen LogP contribution is 2.10. The first-order chi connectivity index (χ1) is 10.1. The first-order valence-electron chi connectivity index (χ1n) is 6.49. The highest BCUT2D eigenvalue weighted by atomic mass is 19.1. The van der Waals surface area contributed by atoms with Crippen LogP contribution in [0.5, 0.6) is 0 Å². The van der Waals surface area contributed by atoms with Gasteiger partial charge in [-0.2, -0.15) is 5.26 Å². The average molecular weight is 283 g/mol. The van der Waals surface area contributed by atoms with Crippen molar-refractivity contribution in [2.75, 3.05) is 6.54 Å². The zero-order valence-corrected chi connectivity index (χ0v) is 11.6. The summed E-state index contributed by atoms with van der Waals surface area (Å²) in [7, 11) is 0. The van der Waals surface area contributed by atoms with Gasteiger partial charge in [-0.15, -0.1) is 0 Å². The lowest BCUT2D eigenvalue weighted by Gasteiger charge is -2.07. The summed E-state index contributed by atoms with van der Waals surface area (Å²) in [5.41, 5.74) is 2.53. The molecule has 106 valence electrons. The Labute approximate surface area is 122 Å². The van der Waals surface area contributed by atoms with Gasteiger partial charge in [-0.05, 0) is 48.7 Å². The maximum Gasteiger partial charge on any atom is 0.269 e. The zero-order chi connectivity index (χ0) is 15.2. The third-order valence-corrected chi connectivity index (χ3v) is 3.11. The highest BCUT2D eigenvalue weighted by Gasteiger charge is 2.07. The van der Waals surface area contributed by atoms with Crippen molar-refractivity contribution < 1.29 is 9.18 Å². The number of hydrogen-bond donors (Lipinski definition) is 1. The van der Waals surface area contributed by atoms with Gasteiger partial charge in [0.15, 0.2) is 0 Å². The molecule has 1 amide bonds. The first kappa shape index (κ1) is 14.7. The molecule has 0 bridgehead atoms. The van der Waals surface area contributed by atoms with E-state index in [0.717, 1.165) is 11.1 Å². The van der Waals surface area contributed by atoms with Crippen molar-refractivity contribution in [2.45, 2.75) is 13.3 Å². The summed E-state index contributed by atoms with van der Waals surface area (Å²) in [6.07, 6.45) is 1.98. The van der Waals surface area contributed by atoms with Crippen molar-refractivity contribution in [3.63, 3.8) is 0 Å². The normalized spacial score (nSPS) is 9.95. The van der Waals surface area contributed by atoms with E-state index >= 15 is 0 Å². The molecule has 21 heavy (non-hydrogen) atoms. The Kier molecular flexibility index (Phi) is 4.62. The van der Waals surface area contributed by atoms with Crippen molar-refractivity contribution in [3.8, 4) is 6.07 Å². The predicted molar refractivity (Wildman–Crippen MR) is 76.1 cm³/mol. The van der Waals surface area contributed by atoms with E-state index in [2.05, 4.69) is 10.3 Å². The van der Waals surface area contributed by atoms with E-state index in [1.54, 1.807) is 12.1 Å². The molecule has 4 nitrogen and oxygen atoms in total. The molecular formula is C16H14FN3O. The minimum absolute atomic E-state index is 0.262. The molecule has 0 atom stereocenters. The number of nitrogens with one attached hydrogen (secondary N) is 1. The zero-order valence-electron chi connectivity index (χ0n) is 11.6. The Morgan fingerprint density at radius 1 is 1.38 bits per heavy atom. The van der Waals surface area contributed by atoms with Crippen LogP contribution >= 0.6 is 0 Å². The number of halogens is 1. The first-order valence-corrected chi connectivity index (χ1v) is 6.49. The van der Waals surface area contributed by atoms with E-state index in [-0.39, 0.29) is 17.4 Å². The Bertz CT molecular complexity index is 690. The maximum absolute atomic E-state index is 13.0. The van der Waals surface area contributed by atoms with Crippen LogP contribution < -0.4 is 5.32 Å². The summed E-state index contributed by atoms with van der Waals surface area (Å²) in [4.78, 5) is 15.8. The second-order valence-corrected chi connectivity index (χ2v) is 4.62. The molecule has 5 heteroatoms. The van der Waals surface area contributed by atoms with Gasteiger partial charge < -0.3 is 5.32 Å². The van der Waals surface area contributed by atoms with E-state index < -0.39 is 0 Å². The Morgan fingerprint density at radius 2 is 2.19 bits per heavy atom. The number of amides is 1.